The number of thioether (sulfide) groups is 1. The molecule has 1 heterocycles. The Kier molecular flexibility index (Phi) is 7.87. The van der Waals surface area contributed by atoms with Gasteiger partial charge in [-0.25, -0.2) is 4.99 Å². The molecule has 8 nitrogen and oxygen atoms in total. The molecule has 0 spiro atoms. The van der Waals surface area contributed by atoms with E-state index in [4.69, 9.17) is 4.74 Å². The van der Waals surface area contributed by atoms with Crippen LogP contribution in [0.1, 0.15) is 24.0 Å². The predicted molar refractivity (Wildman–Crippen MR) is 137 cm³/mol. The van der Waals surface area contributed by atoms with Crippen molar-refractivity contribution in [2.24, 2.45) is 4.99 Å². The van der Waals surface area contributed by atoms with Crippen molar-refractivity contribution in [2.45, 2.75) is 25.4 Å². The quantitative estimate of drug-likeness (QED) is 0.544. The van der Waals surface area contributed by atoms with Gasteiger partial charge in [0.2, 0.25) is 11.8 Å². The highest BCUT2D eigenvalue weighted by Crippen LogP contribution is 2.26. The molecule has 0 bridgehead atoms. The average molecular weight is 493 g/mol. The Morgan fingerprint density at radius 1 is 1.17 bits per heavy atom. The standard InChI is InChI=1S/C26H28N4O4S/c1-29(16-23(31)27-20-10-11-20)24(32)17-35-26-28-22(14-18-8-12-21(34-2)13-9-18)25(33)30(26)15-19-6-4-3-5-7-19/h3-9,12-14,20H,10-11,15-17H2,1-2H3,(H,27,31)/b22-14-. The van der Waals surface area contributed by atoms with Crippen LogP contribution in [-0.2, 0) is 20.9 Å². The van der Waals surface area contributed by atoms with Crippen molar-refractivity contribution in [3.8, 4) is 5.75 Å². The van der Waals surface area contributed by atoms with Crippen molar-refractivity contribution in [1.82, 2.24) is 15.1 Å². The summed E-state index contributed by atoms with van der Waals surface area (Å²) < 4.78 is 5.19. The van der Waals surface area contributed by atoms with Crippen LogP contribution >= 0.6 is 11.8 Å². The summed E-state index contributed by atoms with van der Waals surface area (Å²) >= 11 is 1.20. The van der Waals surface area contributed by atoms with Crippen LogP contribution in [0.5, 0.6) is 5.75 Å². The second-order valence-electron chi connectivity index (χ2n) is 8.45. The fourth-order valence-electron chi connectivity index (χ4n) is 3.45. The second kappa shape index (κ2) is 11.2. The molecule has 0 aromatic heterocycles. The summed E-state index contributed by atoms with van der Waals surface area (Å²) in [5, 5.41) is 3.34. The third-order valence-electron chi connectivity index (χ3n) is 5.59. The van der Waals surface area contributed by atoms with E-state index in [2.05, 4.69) is 10.3 Å². The smallest absolute Gasteiger partial charge is 0.278 e. The number of likely N-dealkylation sites (N-methyl/N-ethyl adjacent to an activating group) is 1. The van der Waals surface area contributed by atoms with Gasteiger partial charge in [-0.05, 0) is 42.2 Å². The maximum Gasteiger partial charge on any atom is 0.278 e. The Hall–Kier alpha value is -3.59. The summed E-state index contributed by atoms with van der Waals surface area (Å²) in [6, 6.07) is 17.2. The molecule has 1 saturated carbocycles. The van der Waals surface area contributed by atoms with Gasteiger partial charge in [0, 0.05) is 13.1 Å². The zero-order chi connectivity index (χ0) is 24.8. The van der Waals surface area contributed by atoms with E-state index in [0.717, 1.165) is 29.7 Å². The van der Waals surface area contributed by atoms with E-state index < -0.39 is 0 Å². The summed E-state index contributed by atoms with van der Waals surface area (Å²) in [4.78, 5) is 45.5. The molecular formula is C26H28N4O4S. The van der Waals surface area contributed by atoms with Crippen LogP contribution in [0.2, 0.25) is 0 Å². The molecule has 3 amide bonds. The highest BCUT2D eigenvalue weighted by atomic mass is 32.2. The number of aliphatic imine (C=N–C) groups is 1. The molecule has 35 heavy (non-hydrogen) atoms. The number of carbonyl (C=O) groups is 3. The van der Waals surface area contributed by atoms with Crippen LogP contribution in [0, 0.1) is 0 Å². The SMILES string of the molecule is COc1ccc(/C=C2\N=C(SCC(=O)N(C)CC(=O)NC3CC3)N(Cc3ccccc3)C2=O)cc1. The number of ether oxygens (including phenoxy) is 1. The number of hydrogen-bond donors (Lipinski definition) is 1. The molecule has 2 aromatic rings. The molecule has 1 N–H and O–H groups in total. The first-order chi connectivity index (χ1) is 16.9. The lowest BCUT2D eigenvalue weighted by molar-refractivity contribution is -0.132. The summed E-state index contributed by atoms with van der Waals surface area (Å²) in [6.45, 7) is 0.358. The molecule has 0 atom stereocenters. The van der Waals surface area contributed by atoms with Crippen LogP contribution in [-0.4, -0.2) is 65.2 Å². The van der Waals surface area contributed by atoms with E-state index in [0.29, 0.717) is 17.4 Å². The molecule has 1 fully saturated rings. The first kappa shape index (κ1) is 24.5. The third kappa shape index (κ3) is 6.73. The van der Waals surface area contributed by atoms with Gasteiger partial charge in [0.05, 0.1) is 26.0 Å². The van der Waals surface area contributed by atoms with E-state index >= 15 is 0 Å². The van der Waals surface area contributed by atoms with Gasteiger partial charge in [-0.2, -0.15) is 0 Å². The van der Waals surface area contributed by atoms with Crippen LogP contribution in [0.15, 0.2) is 65.3 Å². The maximum atomic E-state index is 13.2. The van der Waals surface area contributed by atoms with Crippen molar-refractivity contribution in [3.05, 3.63) is 71.4 Å². The summed E-state index contributed by atoms with van der Waals surface area (Å²) in [5.74, 6) is 0.210. The number of benzene rings is 2. The van der Waals surface area contributed by atoms with Gasteiger partial charge in [-0.1, -0.05) is 54.2 Å². The number of rotatable bonds is 9. The molecule has 1 aliphatic carbocycles. The van der Waals surface area contributed by atoms with E-state index in [1.165, 1.54) is 16.7 Å². The van der Waals surface area contributed by atoms with Crippen LogP contribution in [0.3, 0.4) is 0 Å². The minimum atomic E-state index is -0.225. The zero-order valence-corrected chi connectivity index (χ0v) is 20.6. The lowest BCUT2D eigenvalue weighted by Gasteiger charge is -2.19. The second-order valence-corrected chi connectivity index (χ2v) is 9.40. The molecule has 2 aliphatic rings. The van der Waals surface area contributed by atoms with Gasteiger partial charge < -0.3 is 15.0 Å². The first-order valence-corrected chi connectivity index (χ1v) is 12.4. The van der Waals surface area contributed by atoms with Crippen LogP contribution in [0.4, 0.5) is 0 Å². The van der Waals surface area contributed by atoms with Crippen LogP contribution < -0.4 is 10.1 Å². The monoisotopic (exact) mass is 492 g/mol. The number of amides is 3. The molecule has 4 rings (SSSR count). The fourth-order valence-corrected chi connectivity index (χ4v) is 4.38. The molecule has 1 aliphatic heterocycles. The summed E-state index contributed by atoms with van der Waals surface area (Å²) in [7, 11) is 3.20. The van der Waals surface area contributed by atoms with Gasteiger partial charge in [0.25, 0.3) is 5.91 Å². The van der Waals surface area contributed by atoms with E-state index in [-0.39, 0.29) is 36.1 Å². The molecule has 0 radical (unpaired) electrons. The Bertz CT molecular complexity index is 1140. The summed E-state index contributed by atoms with van der Waals surface area (Å²) in [6.07, 6.45) is 3.72. The van der Waals surface area contributed by atoms with E-state index in [9.17, 15) is 14.4 Å². The Morgan fingerprint density at radius 3 is 2.54 bits per heavy atom. The minimum absolute atomic E-state index is 0.0116. The average Bonchev–Trinajstić information content (AvgIpc) is 3.63. The number of carbonyl (C=O) groups excluding carboxylic acids is 3. The third-order valence-corrected chi connectivity index (χ3v) is 6.55. The predicted octanol–water partition coefficient (Wildman–Crippen LogP) is 2.90. The lowest BCUT2D eigenvalue weighted by Crippen LogP contribution is -2.40. The van der Waals surface area contributed by atoms with Gasteiger partial charge in [0.15, 0.2) is 5.17 Å². The largest absolute Gasteiger partial charge is 0.497 e. The van der Waals surface area contributed by atoms with Gasteiger partial charge in [-0.15, -0.1) is 0 Å². The van der Waals surface area contributed by atoms with Crippen molar-refractivity contribution in [1.29, 1.82) is 0 Å². The number of hydrogen-bond acceptors (Lipinski definition) is 6. The number of methoxy groups -OCH3 is 1. The van der Waals surface area contributed by atoms with Gasteiger partial charge >= 0.3 is 0 Å². The molecule has 9 heteroatoms. The normalized spacial score (nSPS) is 16.3. The maximum absolute atomic E-state index is 13.2. The topological polar surface area (TPSA) is 91.3 Å². The lowest BCUT2D eigenvalue weighted by atomic mass is 10.1. The summed E-state index contributed by atoms with van der Waals surface area (Å²) in [5.41, 5.74) is 2.08. The molecule has 0 unspecified atom stereocenters. The van der Waals surface area contributed by atoms with Gasteiger partial charge in [-0.3, -0.25) is 19.3 Å². The minimum Gasteiger partial charge on any atom is -0.497 e. The number of nitrogens with one attached hydrogen (secondary N) is 1. The Morgan fingerprint density at radius 2 is 1.89 bits per heavy atom. The fraction of sp³-hybridized carbons (Fsp3) is 0.308. The Balaban J connectivity index is 1.46. The van der Waals surface area contributed by atoms with Crippen LogP contribution in [0.25, 0.3) is 6.08 Å². The molecule has 182 valence electrons. The molecule has 2 aromatic carbocycles. The first-order valence-electron chi connectivity index (χ1n) is 11.4. The highest BCUT2D eigenvalue weighted by molar-refractivity contribution is 8.14. The van der Waals surface area contributed by atoms with Crippen molar-refractivity contribution in [2.75, 3.05) is 26.5 Å². The number of amidine groups is 1. The zero-order valence-electron chi connectivity index (χ0n) is 19.8. The van der Waals surface area contributed by atoms with Gasteiger partial charge in [0.1, 0.15) is 11.4 Å². The highest BCUT2D eigenvalue weighted by Gasteiger charge is 2.31. The van der Waals surface area contributed by atoms with E-state index in [1.807, 2.05) is 54.6 Å². The van der Waals surface area contributed by atoms with E-state index in [1.54, 1.807) is 25.1 Å². The molecule has 0 saturated heterocycles. The molecular weight excluding hydrogens is 464 g/mol. The van der Waals surface area contributed by atoms with Crippen molar-refractivity contribution in [3.63, 3.8) is 0 Å². The number of nitrogens with zero attached hydrogens (tertiary/aromatic N) is 3. The van der Waals surface area contributed by atoms with Crippen molar-refractivity contribution < 1.29 is 19.1 Å². The van der Waals surface area contributed by atoms with Crippen molar-refractivity contribution >= 4 is 40.7 Å². The Labute approximate surface area is 209 Å².